The third kappa shape index (κ3) is 3.54. The molecule has 1 aliphatic rings. The van der Waals surface area contributed by atoms with E-state index in [1.807, 2.05) is 0 Å². The second-order valence-electron chi connectivity index (χ2n) is 5.80. The lowest BCUT2D eigenvalue weighted by molar-refractivity contribution is -0.385. The van der Waals surface area contributed by atoms with Gasteiger partial charge in [-0.15, -0.1) is 0 Å². The maximum absolute atomic E-state index is 12.1. The van der Waals surface area contributed by atoms with Crippen LogP contribution in [0.1, 0.15) is 30.6 Å². The Morgan fingerprint density at radius 1 is 1.55 bits per heavy atom. The van der Waals surface area contributed by atoms with Crippen molar-refractivity contribution in [3.8, 4) is 5.75 Å². The van der Waals surface area contributed by atoms with Crippen molar-refractivity contribution in [1.29, 1.82) is 0 Å². The minimum Gasteiger partial charge on any atom is -0.502 e. The van der Waals surface area contributed by atoms with Crippen molar-refractivity contribution in [2.45, 2.75) is 26.4 Å². The van der Waals surface area contributed by atoms with Crippen LogP contribution in [0.5, 0.6) is 5.75 Å². The normalized spacial score (nSPS) is 21.0. The van der Waals surface area contributed by atoms with Crippen molar-refractivity contribution < 1.29 is 19.6 Å². The second kappa shape index (κ2) is 6.74. The summed E-state index contributed by atoms with van der Waals surface area (Å²) in [6.45, 7) is 5.35. The molecule has 0 aromatic heterocycles. The van der Waals surface area contributed by atoms with Crippen molar-refractivity contribution in [1.82, 2.24) is 5.32 Å². The number of nitrogens with zero attached hydrogens (tertiary/aromatic N) is 1. The molecule has 0 saturated carbocycles. The van der Waals surface area contributed by atoms with Crippen LogP contribution in [0.3, 0.4) is 0 Å². The Balaban J connectivity index is 1.98. The van der Waals surface area contributed by atoms with Crippen molar-refractivity contribution in [3.63, 3.8) is 0 Å². The van der Waals surface area contributed by atoms with Gasteiger partial charge in [-0.05, 0) is 24.5 Å². The van der Waals surface area contributed by atoms with Gasteiger partial charge in [-0.1, -0.05) is 13.8 Å². The number of nitrogens with one attached hydrogen (secondary N) is 1. The van der Waals surface area contributed by atoms with E-state index < -0.39 is 16.4 Å². The average Bonchev–Trinajstić information content (AvgIpc) is 2.92. The van der Waals surface area contributed by atoms with E-state index in [1.165, 1.54) is 6.07 Å². The van der Waals surface area contributed by atoms with E-state index >= 15 is 0 Å². The maximum atomic E-state index is 12.1. The molecule has 2 rings (SSSR count). The fraction of sp³-hybridized carbons (Fsp3) is 0.533. The first kappa shape index (κ1) is 16.2. The molecule has 0 aliphatic carbocycles. The molecule has 1 saturated heterocycles. The molecule has 2 atom stereocenters. The Morgan fingerprint density at radius 2 is 2.27 bits per heavy atom. The first-order valence-corrected chi connectivity index (χ1v) is 7.27. The molecule has 1 amide bonds. The number of phenols is 1. The van der Waals surface area contributed by atoms with Gasteiger partial charge in [0, 0.05) is 30.7 Å². The highest BCUT2D eigenvalue weighted by Gasteiger charge is 2.30. The zero-order valence-corrected chi connectivity index (χ0v) is 12.6. The van der Waals surface area contributed by atoms with Gasteiger partial charge in [-0.2, -0.15) is 0 Å². The number of carbonyl (C=O) groups excluding carboxylic acids is 1. The number of amides is 1. The predicted octanol–water partition coefficient (Wildman–Crippen LogP) is 2.09. The molecule has 1 aromatic rings. The molecule has 1 fully saturated rings. The summed E-state index contributed by atoms with van der Waals surface area (Å²) in [6, 6.07) is 3.57. The third-order valence-corrected chi connectivity index (χ3v) is 3.88. The van der Waals surface area contributed by atoms with Gasteiger partial charge < -0.3 is 15.2 Å². The SMILES string of the molecule is CC(C)[C@@H]1OCC[C@@H]1CNC(=O)c1ccc([N+](=O)[O-])c(O)c1. The summed E-state index contributed by atoms with van der Waals surface area (Å²) in [5, 5.41) is 23.0. The predicted molar refractivity (Wildman–Crippen MR) is 79.8 cm³/mol. The lowest BCUT2D eigenvalue weighted by Gasteiger charge is -2.22. The lowest BCUT2D eigenvalue weighted by atomic mass is 9.93. The van der Waals surface area contributed by atoms with E-state index in [0.717, 1.165) is 18.6 Å². The Bertz CT molecular complexity index is 573. The lowest BCUT2D eigenvalue weighted by Crippen LogP contribution is -2.34. The van der Waals surface area contributed by atoms with E-state index in [1.54, 1.807) is 0 Å². The molecule has 0 spiro atoms. The molecule has 0 bridgehead atoms. The largest absolute Gasteiger partial charge is 0.502 e. The van der Waals surface area contributed by atoms with E-state index in [0.29, 0.717) is 19.1 Å². The van der Waals surface area contributed by atoms with Crippen molar-refractivity contribution in [3.05, 3.63) is 33.9 Å². The van der Waals surface area contributed by atoms with E-state index in [-0.39, 0.29) is 23.5 Å². The maximum Gasteiger partial charge on any atom is 0.310 e. The van der Waals surface area contributed by atoms with Gasteiger partial charge in [0.05, 0.1) is 11.0 Å². The number of nitro groups is 1. The van der Waals surface area contributed by atoms with Crippen LogP contribution in [0, 0.1) is 22.0 Å². The van der Waals surface area contributed by atoms with Crippen molar-refractivity contribution in [2.24, 2.45) is 11.8 Å². The molecule has 1 aromatic carbocycles. The summed E-state index contributed by atoms with van der Waals surface area (Å²) < 4.78 is 5.66. The van der Waals surface area contributed by atoms with Crippen LogP contribution >= 0.6 is 0 Å². The summed E-state index contributed by atoms with van der Waals surface area (Å²) in [5.74, 6) is -0.232. The zero-order valence-electron chi connectivity index (χ0n) is 12.6. The topological polar surface area (TPSA) is 102 Å². The fourth-order valence-electron chi connectivity index (χ4n) is 2.76. The van der Waals surface area contributed by atoms with Gasteiger partial charge >= 0.3 is 5.69 Å². The molecule has 120 valence electrons. The highest BCUT2D eigenvalue weighted by molar-refractivity contribution is 5.95. The highest BCUT2D eigenvalue weighted by atomic mass is 16.6. The summed E-state index contributed by atoms with van der Waals surface area (Å²) in [4.78, 5) is 22.0. The summed E-state index contributed by atoms with van der Waals surface area (Å²) >= 11 is 0. The molecule has 0 radical (unpaired) electrons. The number of rotatable bonds is 5. The van der Waals surface area contributed by atoms with Crippen LogP contribution in [0.25, 0.3) is 0 Å². The Labute approximate surface area is 128 Å². The smallest absolute Gasteiger partial charge is 0.310 e. The molecule has 2 N–H and O–H groups in total. The minimum atomic E-state index is -0.694. The quantitative estimate of drug-likeness (QED) is 0.640. The molecule has 0 unspecified atom stereocenters. The van der Waals surface area contributed by atoms with Crippen LogP contribution in [-0.4, -0.2) is 35.2 Å². The number of nitro benzene ring substituents is 1. The van der Waals surface area contributed by atoms with Crippen molar-refractivity contribution >= 4 is 11.6 Å². The van der Waals surface area contributed by atoms with Crippen LogP contribution in [0.2, 0.25) is 0 Å². The summed E-state index contributed by atoms with van der Waals surface area (Å²) in [6.07, 6.45) is 1.03. The number of carbonyl (C=O) groups is 1. The van der Waals surface area contributed by atoms with Gasteiger partial charge in [0.15, 0.2) is 5.75 Å². The summed E-state index contributed by atoms with van der Waals surface area (Å²) in [7, 11) is 0. The first-order valence-electron chi connectivity index (χ1n) is 7.27. The Kier molecular flexibility index (Phi) is 4.97. The van der Waals surface area contributed by atoms with Crippen LogP contribution in [0.4, 0.5) is 5.69 Å². The average molecular weight is 308 g/mol. The molecule has 1 heterocycles. The zero-order chi connectivity index (χ0) is 16.3. The number of ether oxygens (including phenoxy) is 1. The van der Waals surface area contributed by atoms with Crippen LogP contribution < -0.4 is 5.32 Å². The monoisotopic (exact) mass is 308 g/mol. The van der Waals surface area contributed by atoms with E-state index in [2.05, 4.69) is 19.2 Å². The van der Waals surface area contributed by atoms with Crippen molar-refractivity contribution in [2.75, 3.05) is 13.2 Å². The van der Waals surface area contributed by atoms with E-state index in [9.17, 15) is 20.0 Å². The van der Waals surface area contributed by atoms with Crippen LogP contribution in [-0.2, 0) is 4.74 Å². The van der Waals surface area contributed by atoms with E-state index in [4.69, 9.17) is 4.74 Å². The first-order chi connectivity index (χ1) is 10.4. The van der Waals surface area contributed by atoms with Gasteiger partial charge in [-0.25, -0.2) is 0 Å². The van der Waals surface area contributed by atoms with Gasteiger partial charge in [0.25, 0.3) is 5.91 Å². The standard InChI is InChI=1S/C15H20N2O5/c1-9(2)14-11(5-6-22-14)8-16-15(19)10-3-4-12(17(20)21)13(18)7-10/h3-4,7,9,11,14,18H,5-6,8H2,1-2H3,(H,16,19)/t11-,14+/m1/s1. The molecule has 1 aliphatic heterocycles. The second-order valence-corrected chi connectivity index (χ2v) is 5.80. The fourth-order valence-corrected chi connectivity index (χ4v) is 2.76. The van der Waals surface area contributed by atoms with Gasteiger partial charge in [-0.3, -0.25) is 14.9 Å². The summed E-state index contributed by atoms with van der Waals surface area (Å²) in [5.41, 5.74) is -0.219. The number of phenolic OH excluding ortho intramolecular Hbond substituents is 1. The number of aromatic hydroxyl groups is 1. The Hall–Kier alpha value is -2.15. The Morgan fingerprint density at radius 3 is 2.86 bits per heavy atom. The minimum absolute atomic E-state index is 0.130. The number of benzene rings is 1. The highest BCUT2D eigenvalue weighted by Crippen LogP contribution is 2.27. The number of hydrogen-bond acceptors (Lipinski definition) is 5. The molecular weight excluding hydrogens is 288 g/mol. The van der Waals surface area contributed by atoms with Gasteiger partial charge in [0.1, 0.15) is 0 Å². The molecule has 22 heavy (non-hydrogen) atoms. The van der Waals surface area contributed by atoms with Crippen LogP contribution in [0.15, 0.2) is 18.2 Å². The molecular formula is C15H20N2O5. The number of hydrogen-bond donors (Lipinski definition) is 2. The molecule has 7 heteroatoms. The van der Waals surface area contributed by atoms with Gasteiger partial charge in [0.2, 0.25) is 0 Å². The molecule has 7 nitrogen and oxygen atoms in total. The third-order valence-electron chi connectivity index (χ3n) is 3.88.